The van der Waals surface area contributed by atoms with Crippen molar-refractivity contribution in [3.63, 3.8) is 0 Å². The number of hydrogen-bond acceptors (Lipinski definition) is 2. The second kappa shape index (κ2) is 6.62. The third-order valence-corrected chi connectivity index (χ3v) is 3.83. The minimum Gasteiger partial charge on any atom is -0.324 e. The molecule has 0 aliphatic heterocycles. The molecule has 0 aliphatic carbocycles. The number of halogens is 4. The molecule has 0 bridgehead atoms. The number of aromatic nitrogens is 2. The summed E-state index contributed by atoms with van der Waals surface area (Å²) in [4.78, 5) is 12.0. The molecule has 2 aromatic rings. The van der Waals surface area contributed by atoms with E-state index in [-0.39, 0.29) is 11.6 Å². The maximum absolute atomic E-state index is 12.7. The fourth-order valence-corrected chi connectivity index (χ4v) is 2.29. The van der Waals surface area contributed by atoms with Crippen molar-refractivity contribution in [2.45, 2.75) is 26.8 Å². The Morgan fingerprint density at radius 1 is 1.36 bits per heavy atom. The first-order chi connectivity index (χ1) is 10.3. The van der Waals surface area contributed by atoms with E-state index in [2.05, 4.69) is 10.4 Å². The Kier molecular flexibility index (Phi) is 5.03. The first-order valence-corrected chi connectivity index (χ1v) is 7.12. The quantitative estimate of drug-likeness (QED) is 0.891. The van der Waals surface area contributed by atoms with Gasteiger partial charge in [0.05, 0.1) is 10.7 Å². The number of nitrogens with one attached hydrogen (secondary N) is 1. The van der Waals surface area contributed by atoms with Crippen LogP contribution in [-0.2, 0) is 11.3 Å². The monoisotopic (exact) mass is 347 g/mol. The molecule has 8 heteroatoms. The van der Waals surface area contributed by atoms with Gasteiger partial charge in [0.25, 0.3) is 6.43 Å². The van der Waals surface area contributed by atoms with Crippen molar-refractivity contribution in [3.05, 3.63) is 45.2 Å². The lowest BCUT2D eigenvalue weighted by molar-refractivity contribution is -0.117. The van der Waals surface area contributed by atoms with Gasteiger partial charge in [0.1, 0.15) is 12.2 Å². The molecule has 2 rings (SSSR count). The molecule has 1 amide bonds. The highest BCUT2D eigenvalue weighted by atomic mass is 35.5. The number of aryl methyl sites for hydroxylation is 1. The van der Waals surface area contributed by atoms with E-state index < -0.39 is 18.0 Å². The topological polar surface area (TPSA) is 46.9 Å². The number of carbonyl (C=O) groups excluding carboxylic acids is 1. The number of benzene rings is 1. The van der Waals surface area contributed by atoms with Crippen LogP contribution in [0.25, 0.3) is 0 Å². The Hall–Kier alpha value is -1.66. The third-order valence-electron chi connectivity index (χ3n) is 3.13. The molecule has 1 aromatic heterocycles. The number of hydrogen-bond donors (Lipinski definition) is 1. The van der Waals surface area contributed by atoms with Gasteiger partial charge in [-0.05, 0) is 31.5 Å². The van der Waals surface area contributed by atoms with Crippen molar-refractivity contribution in [2.24, 2.45) is 0 Å². The molecule has 1 heterocycles. The van der Waals surface area contributed by atoms with Crippen LogP contribution in [0.1, 0.15) is 23.4 Å². The number of alkyl halides is 2. The molecule has 0 radical (unpaired) electrons. The molecule has 0 spiro atoms. The molecular formula is C14H13Cl2F2N3O. The Balaban J connectivity index is 2.16. The lowest BCUT2D eigenvalue weighted by Gasteiger charge is -2.09. The smallest absolute Gasteiger partial charge is 0.283 e. The standard InChI is InChI=1S/C14H13Cl2F2N3O/c1-7-3-4-9(15)5-10(7)19-11(22)6-21-8(2)12(16)13(20-21)14(17)18/h3-5,14H,6H2,1-2H3,(H,19,22). The number of nitrogens with zero attached hydrogens (tertiary/aromatic N) is 2. The lowest BCUT2D eigenvalue weighted by atomic mass is 10.2. The Labute approximate surface area is 136 Å². The van der Waals surface area contributed by atoms with Gasteiger partial charge in [-0.25, -0.2) is 8.78 Å². The van der Waals surface area contributed by atoms with E-state index in [0.717, 1.165) is 10.2 Å². The van der Waals surface area contributed by atoms with Crippen LogP contribution in [-0.4, -0.2) is 15.7 Å². The first kappa shape index (κ1) is 16.7. The van der Waals surface area contributed by atoms with Crippen LogP contribution < -0.4 is 5.32 Å². The van der Waals surface area contributed by atoms with Gasteiger partial charge in [0, 0.05) is 10.7 Å². The van der Waals surface area contributed by atoms with Crippen molar-refractivity contribution in [1.29, 1.82) is 0 Å². The average molecular weight is 348 g/mol. The van der Waals surface area contributed by atoms with Gasteiger partial charge in [0.2, 0.25) is 5.91 Å². The van der Waals surface area contributed by atoms with Crippen LogP contribution in [0.4, 0.5) is 14.5 Å². The number of amides is 1. The summed E-state index contributed by atoms with van der Waals surface area (Å²) in [5.74, 6) is -0.409. The van der Waals surface area contributed by atoms with Gasteiger partial charge >= 0.3 is 0 Å². The highest BCUT2D eigenvalue weighted by Crippen LogP contribution is 2.28. The van der Waals surface area contributed by atoms with Crippen LogP contribution in [0.15, 0.2) is 18.2 Å². The molecule has 0 saturated carbocycles. The summed E-state index contributed by atoms with van der Waals surface area (Å²) in [6, 6.07) is 5.09. The maximum atomic E-state index is 12.7. The fraction of sp³-hybridized carbons (Fsp3) is 0.286. The zero-order chi connectivity index (χ0) is 16.4. The summed E-state index contributed by atoms with van der Waals surface area (Å²) in [7, 11) is 0. The number of carbonyl (C=O) groups is 1. The lowest BCUT2D eigenvalue weighted by Crippen LogP contribution is -2.20. The normalized spacial score (nSPS) is 11.0. The summed E-state index contributed by atoms with van der Waals surface area (Å²) in [6.45, 7) is 3.13. The van der Waals surface area contributed by atoms with E-state index in [1.54, 1.807) is 18.2 Å². The molecule has 0 fully saturated rings. The van der Waals surface area contributed by atoms with Crippen LogP contribution in [0.2, 0.25) is 10.0 Å². The van der Waals surface area contributed by atoms with Gasteiger partial charge in [-0.2, -0.15) is 5.10 Å². The summed E-state index contributed by atoms with van der Waals surface area (Å²) < 4.78 is 26.6. The minimum atomic E-state index is -2.79. The fourth-order valence-electron chi connectivity index (χ4n) is 1.90. The van der Waals surface area contributed by atoms with Crippen molar-refractivity contribution in [2.75, 3.05) is 5.32 Å². The maximum Gasteiger partial charge on any atom is 0.283 e. The average Bonchev–Trinajstić information content (AvgIpc) is 2.71. The van der Waals surface area contributed by atoms with Crippen molar-refractivity contribution >= 4 is 34.8 Å². The third kappa shape index (κ3) is 3.56. The molecule has 118 valence electrons. The van der Waals surface area contributed by atoms with E-state index in [1.807, 2.05) is 6.92 Å². The van der Waals surface area contributed by atoms with Crippen LogP contribution in [0, 0.1) is 13.8 Å². The first-order valence-electron chi connectivity index (χ1n) is 6.36. The van der Waals surface area contributed by atoms with Crippen LogP contribution >= 0.6 is 23.2 Å². The molecule has 0 saturated heterocycles. The summed E-state index contributed by atoms with van der Waals surface area (Å²) >= 11 is 11.7. The highest BCUT2D eigenvalue weighted by Gasteiger charge is 2.21. The summed E-state index contributed by atoms with van der Waals surface area (Å²) in [6.07, 6.45) is -2.79. The van der Waals surface area contributed by atoms with Gasteiger partial charge in [-0.3, -0.25) is 9.48 Å². The SMILES string of the molecule is Cc1ccc(Cl)cc1NC(=O)Cn1nc(C(F)F)c(Cl)c1C. The summed E-state index contributed by atoms with van der Waals surface area (Å²) in [5.41, 5.74) is 1.18. The molecule has 1 aromatic carbocycles. The zero-order valence-corrected chi connectivity index (χ0v) is 13.3. The highest BCUT2D eigenvalue weighted by molar-refractivity contribution is 6.32. The molecule has 0 atom stereocenters. The van der Waals surface area contributed by atoms with Crippen molar-refractivity contribution < 1.29 is 13.6 Å². The number of anilines is 1. The van der Waals surface area contributed by atoms with Gasteiger partial charge in [0.15, 0.2) is 0 Å². The van der Waals surface area contributed by atoms with Crippen molar-refractivity contribution in [1.82, 2.24) is 9.78 Å². The van der Waals surface area contributed by atoms with Crippen LogP contribution in [0.5, 0.6) is 0 Å². The second-order valence-corrected chi connectivity index (χ2v) is 5.56. The molecule has 0 unspecified atom stereocenters. The molecule has 4 nitrogen and oxygen atoms in total. The van der Waals surface area contributed by atoms with Gasteiger partial charge < -0.3 is 5.32 Å². The Morgan fingerprint density at radius 2 is 2.05 bits per heavy atom. The summed E-state index contributed by atoms with van der Waals surface area (Å²) in [5, 5.41) is 6.71. The van der Waals surface area contributed by atoms with Crippen LogP contribution in [0.3, 0.4) is 0 Å². The molecule has 1 N–H and O–H groups in total. The second-order valence-electron chi connectivity index (χ2n) is 4.75. The molecule has 0 aliphatic rings. The van der Waals surface area contributed by atoms with E-state index in [1.165, 1.54) is 6.92 Å². The van der Waals surface area contributed by atoms with E-state index >= 15 is 0 Å². The molecule has 22 heavy (non-hydrogen) atoms. The largest absolute Gasteiger partial charge is 0.324 e. The Bertz CT molecular complexity index is 716. The van der Waals surface area contributed by atoms with Gasteiger partial charge in [-0.1, -0.05) is 29.3 Å². The van der Waals surface area contributed by atoms with E-state index in [4.69, 9.17) is 23.2 Å². The Morgan fingerprint density at radius 3 is 2.64 bits per heavy atom. The minimum absolute atomic E-state index is 0.123. The predicted octanol–water partition coefficient (Wildman–Crippen LogP) is 4.38. The van der Waals surface area contributed by atoms with Gasteiger partial charge in [-0.15, -0.1) is 0 Å². The van der Waals surface area contributed by atoms with E-state index in [0.29, 0.717) is 16.4 Å². The predicted molar refractivity (Wildman–Crippen MR) is 81.7 cm³/mol. The van der Waals surface area contributed by atoms with E-state index in [9.17, 15) is 13.6 Å². The van der Waals surface area contributed by atoms with Crippen molar-refractivity contribution in [3.8, 4) is 0 Å². The zero-order valence-electron chi connectivity index (χ0n) is 11.8. The molecular weight excluding hydrogens is 335 g/mol. The number of rotatable bonds is 4.